The van der Waals surface area contributed by atoms with Crippen LogP contribution >= 0.6 is 23.8 Å². The van der Waals surface area contributed by atoms with Crippen molar-refractivity contribution >= 4 is 29.6 Å². The molecule has 4 nitrogen and oxygen atoms in total. The van der Waals surface area contributed by atoms with Crippen LogP contribution in [0.25, 0.3) is 5.69 Å². The molecule has 1 aromatic carbocycles. The SMILES string of the molecule is Nc1cc(=O)[nH]c(=S)n1-c1ccc(F)c(Cl)c1. The van der Waals surface area contributed by atoms with Crippen molar-refractivity contribution in [1.29, 1.82) is 0 Å². The Balaban J connectivity index is 2.73. The fourth-order valence-electron chi connectivity index (χ4n) is 1.40. The van der Waals surface area contributed by atoms with Crippen LogP contribution in [-0.4, -0.2) is 9.55 Å². The molecular formula is C10H7ClFN3OS. The molecule has 17 heavy (non-hydrogen) atoms. The van der Waals surface area contributed by atoms with Gasteiger partial charge in [0, 0.05) is 6.07 Å². The molecule has 0 radical (unpaired) electrons. The first-order valence-corrected chi connectivity index (χ1v) is 5.35. The molecule has 0 aliphatic rings. The molecule has 0 atom stereocenters. The summed E-state index contributed by atoms with van der Waals surface area (Å²) in [6, 6.07) is 5.23. The molecule has 0 saturated carbocycles. The van der Waals surface area contributed by atoms with Gasteiger partial charge in [-0.05, 0) is 30.4 Å². The van der Waals surface area contributed by atoms with Gasteiger partial charge in [0.2, 0.25) is 0 Å². The number of H-pyrrole nitrogens is 1. The van der Waals surface area contributed by atoms with Gasteiger partial charge in [0.15, 0.2) is 4.77 Å². The highest BCUT2D eigenvalue weighted by Gasteiger charge is 2.06. The summed E-state index contributed by atoms with van der Waals surface area (Å²) in [5, 5.41) is -0.0463. The molecule has 2 rings (SSSR count). The maximum Gasteiger partial charge on any atom is 0.253 e. The number of hydrogen-bond donors (Lipinski definition) is 2. The van der Waals surface area contributed by atoms with Gasteiger partial charge in [0.05, 0.1) is 10.7 Å². The molecule has 1 aromatic heterocycles. The normalized spacial score (nSPS) is 10.5. The molecule has 0 unspecified atom stereocenters. The topological polar surface area (TPSA) is 63.8 Å². The third-order valence-corrected chi connectivity index (χ3v) is 2.71. The number of nitrogens with one attached hydrogen (secondary N) is 1. The molecular weight excluding hydrogens is 265 g/mol. The highest BCUT2D eigenvalue weighted by atomic mass is 35.5. The standard InChI is InChI=1S/C10H7ClFN3OS/c11-6-3-5(1-2-7(6)12)15-8(13)4-9(16)14-10(15)17/h1-4H,13H2,(H,14,16,17). The van der Waals surface area contributed by atoms with E-state index in [-0.39, 0.29) is 15.6 Å². The number of aromatic nitrogens is 2. The largest absolute Gasteiger partial charge is 0.385 e. The molecule has 2 aromatic rings. The third-order valence-electron chi connectivity index (χ3n) is 2.13. The zero-order valence-electron chi connectivity index (χ0n) is 8.41. The minimum Gasteiger partial charge on any atom is -0.385 e. The van der Waals surface area contributed by atoms with Gasteiger partial charge < -0.3 is 5.73 Å². The maximum absolute atomic E-state index is 13.0. The molecule has 7 heteroatoms. The number of benzene rings is 1. The van der Waals surface area contributed by atoms with E-state index in [2.05, 4.69) is 4.98 Å². The molecule has 0 fully saturated rings. The van der Waals surface area contributed by atoms with E-state index in [9.17, 15) is 9.18 Å². The molecule has 3 N–H and O–H groups in total. The van der Waals surface area contributed by atoms with Gasteiger partial charge in [0.1, 0.15) is 11.6 Å². The lowest BCUT2D eigenvalue weighted by molar-refractivity contribution is 0.627. The Kier molecular flexibility index (Phi) is 2.99. The van der Waals surface area contributed by atoms with Gasteiger partial charge in [-0.3, -0.25) is 14.3 Å². The van der Waals surface area contributed by atoms with Gasteiger partial charge in [-0.15, -0.1) is 0 Å². The number of aromatic amines is 1. The number of nitrogens with zero attached hydrogens (tertiary/aromatic N) is 1. The molecule has 0 saturated heterocycles. The molecule has 0 bridgehead atoms. The summed E-state index contributed by atoms with van der Waals surface area (Å²) in [5.41, 5.74) is 5.77. The zero-order chi connectivity index (χ0) is 12.6. The van der Waals surface area contributed by atoms with E-state index in [0.29, 0.717) is 5.69 Å². The Bertz CT molecular complexity index is 695. The summed E-state index contributed by atoms with van der Waals surface area (Å²) >= 11 is 10.6. The van der Waals surface area contributed by atoms with E-state index in [1.807, 2.05) is 0 Å². The van der Waals surface area contributed by atoms with Crippen molar-refractivity contribution in [3.63, 3.8) is 0 Å². The maximum atomic E-state index is 13.0. The molecule has 0 spiro atoms. The number of rotatable bonds is 1. The second-order valence-electron chi connectivity index (χ2n) is 3.30. The first kappa shape index (κ1) is 11.8. The van der Waals surface area contributed by atoms with Crippen LogP contribution in [0.5, 0.6) is 0 Å². The summed E-state index contributed by atoms with van der Waals surface area (Å²) in [6.07, 6.45) is 0. The van der Waals surface area contributed by atoms with E-state index in [0.717, 1.165) is 0 Å². The predicted octanol–water partition coefficient (Wildman–Crippen LogP) is 2.27. The van der Waals surface area contributed by atoms with Crippen LogP contribution < -0.4 is 11.3 Å². The van der Waals surface area contributed by atoms with E-state index >= 15 is 0 Å². The van der Waals surface area contributed by atoms with Crippen LogP contribution in [0.2, 0.25) is 5.02 Å². The first-order valence-electron chi connectivity index (χ1n) is 4.56. The van der Waals surface area contributed by atoms with Crippen LogP contribution in [-0.2, 0) is 0 Å². The van der Waals surface area contributed by atoms with Gasteiger partial charge in [-0.25, -0.2) is 4.39 Å². The summed E-state index contributed by atoms with van der Waals surface area (Å²) in [4.78, 5) is 13.5. The Morgan fingerprint density at radius 3 is 2.71 bits per heavy atom. The molecule has 88 valence electrons. The van der Waals surface area contributed by atoms with Crippen molar-refractivity contribution in [1.82, 2.24) is 9.55 Å². The van der Waals surface area contributed by atoms with Crippen LogP contribution in [0, 0.1) is 10.6 Å². The van der Waals surface area contributed by atoms with Gasteiger partial charge in [-0.1, -0.05) is 11.6 Å². The summed E-state index contributed by atoms with van der Waals surface area (Å²) in [5.74, 6) is -0.383. The van der Waals surface area contributed by atoms with Crippen molar-refractivity contribution in [2.75, 3.05) is 5.73 Å². The van der Waals surface area contributed by atoms with Crippen molar-refractivity contribution < 1.29 is 4.39 Å². The monoisotopic (exact) mass is 271 g/mol. The smallest absolute Gasteiger partial charge is 0.253 e. The average molecular weight is 272 g/mol. The number of hydrogen-bond acceptors (Lipinski definition) is 3. The Hall–Kier alpha value is -1.66. The van der Waals surface area contributed by atoms with Crippen molar-refractivity contribution in [3.05, 3.63) is 50.2 Å². The summed E-state index contributed by atoms with van der Waals surface area (Å²) in [7, 11) is 0. The number of anilines is 1. The zero-order valence-corrected chi connectivity index (χ0v) is 9.98. The van der Waals surface area contributed by atoms with E-state index in [1.54, 1.807) is 0 Å². The fraction of sp³-hybridized carbons (Fsp3) is 0. The minimum atomic E-state index is -0.537. The van der Waals surface area contributed by atoms with Crippen molar-refractivity contribution in [2.45, 2.75) is 0 Å². The van der Waals surface area contributed by atoms with Gasteiger partial charge in [0.25, 0.3) is 5.56 Å². The van der Waals surface area contributed by atoms with Crippen molar-refractivity contribution in [2.24, 2.45) is 0 Å². The van der Waals surface area contributed by atoms with Crippen LogP contribution in [0.3, 0.4) is 0 Å². The Morgan fingerprint density at radius 1 is 1.41 bits per heavy atom. The summed E-state index contributed by atoms with van der Waals surface area (Å²) in [6.45, 7) is 0. The minimum absolute atomic E-state index is 0.0463. The quantitative estimate of drug-likeness (QED) is 0.782. The molecule has 1 heterocycles. The fourth-order valence-corrected chi connectivity index (χ4v) is 1.89. The summed E-state index contributed by atoms with van der Waals surface area (Å²) < 4.78 is 14.5. The predicted molar refractivity (Wildman–Crippen MR) is 66.6 cm³/mol. The molecule has 0 amide bonds. The lowest BCUT2D eigenvalue weighted by Gasteiger charge is -2.10. The lowest BCUT2D eigenvalue weighted by Crippen LogP contribution is -2.15. The Labute approximate surface area is 105 Å². The highest BCUT2D eigenvalue weighted by Crippen LogP contribution is 2.20. The highest BCUT2D eigenvalue weighted by molar-refractivity contribution is 7.71. The van der Waals surface area contributed by atoms with E-state index in [4.69, 9.17) is 29.6 Å². The number of halogens is 2. The van der Waals surface area contributed by atoms with Gasteiger partial charge in [-0.2, -0.15) is 0 Å². The Morgan fingerprint density at radius 2 is 2.12 bits per heavy atom. The first-order chi connectivity index (χ1) is 7.99. The number of nitrogen functional groups attached to an aromatic ring is 1. The van der Waals surface area contributed by atoms with E-state index in [1.165, 1.54) is 28.8 Å². The van der Waals surface area contributed by atoms with Crippen molar-refractivity contribution in [3.8, 4) is 5.69 Å². The average Bonchev–Trinajstić information content (AvgIpc) is 2.21. The number of nitrogens with two attached hydrogens (primary N) is 1. The van der Waals surface area contributed by atoms with Crippen LogP contribution in [0.1, 0.15) is 0 Å². The second kappa shape index (κ2) is 4.31. The third kappa shape index (κ3) is 2.22. The molecule has 0 aliphatic carbocycles. The van der Waals surface area contributed by atoms with E-state index < -0.39 is 11.4 Å². The van der Waals surface area contributed by atoms with Crippen LogP contribution in [0.4, 0.5) is 10.2 Å². The second-order valence-corrected chi connectivity index (χ2v) is 4.09. The van der Waals surface area contributed by atoms with Gasteiger partial charge >= 0.3 is 0 Å². The lowest BCUT2D eigenvalue weighted by atomic mass is 10.3. The molecule has 0 aliphatic heterocycles. The van der Waals surface area contributed by atoms with Crippen LogP contribution in [0.15, 0.2) is 29.1 Å².